The summed E-state index contributed by atoms with van der Waals surface area (Å²) in [6.07, 6.45) is 3.95. The number of benzene rings is 2. The van der Waals surface area contributed by atoms with Gasteiger partial charge in [0.05, 0.1) is 4.90 Å². The van der Waals surface area contributed by atoms with Crippen LogP contribution >= 0.6 is 0 Å². The highest BCUT2D eigenvalue weighted by atomic mass is 32.2. The van der Waals surface area contributed by atoms with Crippen LogP contribution in [-0.4, -0.2) is 37.7 Å². The zero-order valence-electron chi connectivity index (χ0n) is 16.6. The van der Waals surface area contributed by atoms with Gasteiger partial charge in [-0.1, -0.05) is 18.2 Å². The van der Waals surface area contributed by atoms with Gasteiger partial charge in [0.2, 0.25) is 15.9 Å². The van der Waals surface area contributed by atoms with E-state index in [1.54, 1.807) is 41.3 Å². The van der Waals surface area contributed by atoms with Crippen molar-refractivity contribution in [2.45, 2.75) is 43.2 Å². The first kappa shape index (κ1) is 20.6. The summed E-state index contributed by atoms with van der Waals surface area (Å²) < 4.78 is 27.8. The molecule has 2 fully saturated rings. The van der Waals surface area contributed by atoms with Crippen molar-refractivity contribution in [2.24, 2.45) is 11.7 Å². The van der Waals surface area contributed by atoms with Crippen LogP contribution in [0, 0.1) is 5.92 Å². The molecule has 4 rings (SSSR count). The molecule has 158 valence electrons. The Morgan fingerprint density at radius 2 is 1.70 bits per heavy atom. The molecule has 30 heavy (non-hydrogen) atoms. The van der Waals surface area contributed by atoms with Crippen LogP contribution in [0.3, 0.4) is 0 Å². The number of hydrogen-bond acceptors (Lipinski definition) is 4. The topological polar surface area (TPSA) is 110 Å². The monoisotopic (exact) mass is 427 g/mol. The summed E-state index contributed by atoms with van der Waals surface area (Å²) in [5.74, 6) is -0.267. The molecular weight excluding hydrogens is 402 g/mol. The number of nitrogens with two attached hydrogens (primary N) is 1. The van der Waals surface area contributed by atoms with Crippen LogP contribution in [0.1, 0.15) is 52.0 Å². The van der Waals surface area contributed by atoms with Gasteiger partial charge in [-0.15, -0.1) is 0 Å². The number of nitrogens with one attached hydrogen (secondary N) is 1. The predicted molar refractivity (Wildman–Crippen MR) is 112 cm³/mol. The van der Waals surface area contributed by atoms with Gasteiger partial charge in [-0.2, -0.15) is 0 Å². The summed E-state index contributed by atoms with van der Waals surface area (Å²) in [5.41, 5.74) is 6.93. The van der Waals surface area contributed by atoms with Crippen molar-refractivity contribution in [3.05, 3.63) is 65.2 Å². The second-order valence-corrected chi connectivity index (χ2v) is 9.82. The van der Waals surface area contributed by atoms with E-state index >= 15 is 0 Å². The lowest BCUT2D eigenvalue weighted by molar-refractivity contribution is 0.0729. The second kappa shape index (κ2) is 8.20. The molecule has 0 spiro atoms. The van der Waals surface area contributed by atoms with Gasteiger partial charge in [0.1, 0.15) is 0 Å². The number of hydrogen-bond donors (Lipinski definition) is 2. The van der Waals surface area contributed by atoms with Crippen molar-refractivity contribution >= 4 is 21.8 Å². The minimum absolute atomic E-state index is 0.107. The molecule has 2 saturated carbocycles. The molecule has 2 amide bonds. The summed E-state index contributed by atoms with van der Waals surface area (Å²) in [6, 6.07) is 13.2. The van der Waals surface area contributed by atoms with E-state index in [2.05, 4.69) is 4.72 Å². The molecule has 8 heteroatoms. The van der Waals surface area contributed by atoms with Crippen LogP contribution in [0.25, 0.3) is 0 Å². The zero-order chi connectivity index (χ0) is 21.3. The van der Waals surface area contributed by atoms with Crippen molar-refractivity contribution < 1.29 is 18.0 Å². The van der Waals surface area contributed by atoms with E-state index in [1.807, 2.05) is 0 Å². The molecule has 0 atom stereocenters. The summed E-state index contributed by atoms with van der Waals surface area (Å²) in [6.45, 7) is 0.829. The Kier molecular flexibility index (Phi) is 5.62. The van der Waals surface area contributed by atoms with E-state index in [9.17, 15) is 18.0 Å². The third-order valence-corrected chi connectivity index (χ3v) is 6.91. The highest BCUT2D eigenvalue weighted by Gasteiger charge is 2.33. The highest BCUT2D eigenvalue weighted by Crippen LogP contribution is 2.31. The molecule has 0 radical (unpaired) electrons. The van der Waals surface area contributed by atoms with E-state index in [1.165, 1.54) is 12.1 Å². The lowest BCUT2D eigenvalue weighted by atomic mass is 10.1. The summed E-state index contributed by atoms with van der Waals surface area (Å²) in [7, 11) is -3.64. The van der Waals surface area contributed by atoms with Crippen LogP contribution in [0.4, 0.5) is 0 Å². The molecule has 2 aliphatic rings. The highest BCUT2D eigenvalue weighted by molar-refractivity contribution is 7.89. The Morgan fingerprint density at radius 1 is 1.00 bits per heavy atom. The number of amides is 2. The molecule has 7 nitrogen and oxygen atoms in total. The lowest BCUT2D eigenvalue weighted by Crippen LogP contribution is -2.33. The van der Waals surface area contributed by atoms with Crippen molar-refractivity contribution in [1.82, 2.24) is 9.62 Å². The van der Waals surface area contributed by atoms with E-state index in [0.29, 0.717) is 30.1 Å². The third-order valence-electron chi connectivity index (χ3n) is 5.49. The van der Waals surface area contributed by atoms with Crippen LogP contribution in [0.15, 0.2) is 53.4 Å². The zero-order valence-corrected chi connectivity index (χ0v) is 17.4. The van der Waals surface area contributed by atoms with Gasteiger partial charge in [-0.25, -0.2) is 13.1 Å². The molecule has 0 aromatic heterocycles. The van der Waals surface area contributed by atoms with E-state index in [0.717, 1.165) is 31.2 Å². The van der Waals surface area contributed by atoms with E-state index < -0.39 is 15.9 Å². The number of carbonyl (C=O) groups is 2. The van der Waals surface area contributed by atoms with Crippen molar-refractivity contribution in [3.63, 3.8) is 0 Å². The van der Waals surface area contributed by atoms with Gasteiger partial charge in [0.15, 0.2) is 0 Å². The summed E-state index contributed by atoms with van der Waals surface area (Å²) >= 11 is 0. The summed E-state index contributed by atoms with van der Waals surface area (Å²) in [4.78, 5) is 26.3. The minimum atomic E-state index is -3.64. The number of rotatable bonds is 9. The van der Waals surface area contributed by atoms with E-state index in [4.69, 9.17) is 5.73 Å². The van der Waals surface area contributed by atoms with Crippen molar-refractivity contribution in [2.75, 3.05) is 6.54 Å². The van der Waals surface area contributed by atoms with Crippen LogP contribution < -0.4 is 10.5 Å². The molecule has 0 aliphatic heterocycles. The number of primary amides is 1. The normalized spacial score (nSPS) is 16.3. The lowest BCUT2D eigenvalue weighted by Gasteiger charge is -2.23. The second-order valence-electron chi connectivity index (χ2n) is 8.05. The van der Waals surface area contributed by atoms with Gasteiger partial charge in [0.25, 0.3) is 5.91 Å². The molecule has 0 unspecified atom stereocenters. The first-order valence-electron chi connectivity index (χ1n) is 10.1. The van der Waals surface area contributed by atoms with Gasteiger partial charge in [-0.3, -0.25) is 9.59 Å². The number of sulfonamides is 1. The van der Waals surface area contributed by atoms with Crippen molar-refractivity contribution in [3.8, 4) is 0 Å². The maximum atomic E-state index is 13.2. The standard InChI is InChI=1S/C22H25N3O4S/c23-21(26)17-8-6-16(7-9-17)14-25(19-10-11-19)22(27)18-2-1-3-20(12-18)30(28,29)24-13-15-4-5-15/h1-3,6-9,12,15,19,24H,4-5,10-11,13-14H2,(H2,23,26). The molecule has 2 aromatic carbocycles. The van der Waals surface area contributed by atoms with E-state index in [-0.39, 0.29) is 16.8 Å². The van der Waals surface area contributed by atoms with Gasteiger partial charge in [-0.05, 0) is 67.5 Å². The SMILES string of the molecule is NC(=O)c1ccc(CN(C(=O)c2cccc(S(=O)(=O)NCC3CC3)c2)C2CC2)cc1. The molecule has 3 N–H and O–H groups in total. The molecule has 0 saturated heterocycles. The fraction of sp³-hybridized carbons (Fsp3) is 0.364. The van der Waals surface area contributed by atoms with Gasteiger partial charge >= 0.3 is 0 Å². The first-order chi connectivity index (χ1) is 14.3. The largest absolute Gasteiger partial charge is 0.366 e. The molecular formula is C22H25N3O4S. The Bertz CT molecular complexity index is 1060. The van der Waals surface area contributed by atoms with Gasteiger partial charge in [0, 0.05) is 30.3 Å². The molecule has 0 heterocycles. The molecule has 0 bridgehead atoms. The molecule has 2 aliphatic carbocycles. The minimum Gasteiger partial charge on any atom is -0.366 e. The van der Waals surface area contributed by atoms with Crippen LogP contribution in [0.5, 0.6) is 0 Å². The average Bonchev–Trinajstić information content (AvgIpc) is 3.64. The third kappa shape index (κ3) is 4.88. The number of nitrogens with zero attached hydrogens (tertiary/aromatic N) is 1. The Balaban J connectivity index is 1.51. The predicted octanol–water partition coefficient (Wildman–Crippen LogP) is 2.28. The fourth-order valence-electron chi connectivity index (χ4n) is 3.32. The Labute approximate surface area is 176 Å². The Hall–Kier alpha value is -2.71. The average molecular weight is 428 g/mol. The van der Waals surface area contributed by atoms with Gasteiger partial charge < -0.3 is 10.6 Å². The maximum Gasteiger partial charge on any atom is 0.254 e. The van der Waals surface area contributed by atoms with Crippen LogP contribution in [-0.2, 0) is 16.6 Å². The summed E-state index contributed by atoms with van der Waals surface area (Å²) in [5, 5.41) is 0. The quantitative estimate of drug-likeness (QED) is 0.640. The Morgan fingerprint density at radius 3 is 2.30 bits per heavy atom. The van der Waals surface area contributed by atoms with Crippen molar-refractivity contribution in [1.29, 1.82) is 0 Å². The first-order valence-corrected chi connectivity index (χ1v) is 11.6. The number of carbonyl (C=O) groups excluding carboxylic acids is 2. The molecule has 2 aromatic rings. The smallest absolute Gasteiger partial charge is 0.254 e. The van der Waals surface area contributed by atoms with Crippen LogP contribution in [0.2, 0.25) is 0 Å². The fourth-order valence-corrected chi connectivity index (χ4v) is 4.48. The maximum absolute atomic E-state index is 13.2.